The molecule has 0 unspecified atom stereocenters. The van der Waals surface area contributed by atoms with E-state index in [4.69, 9.17) is 9.72 Å². The fourth-order valence-corrected chi connectivity index (χ4v) is 5.83. The first kappa shape index (κ1) is 19.1. The van der Waals surface area contributed by atoms with Crippen molar-refractivity contribution in [2.24, 2.45) is 0 Å². The number of carbonyl (C=O) groups is 1. The van der Waals surface area contributed by atoms with Gasteiger partial charge >= 0.3 is 5.97 Å². The zero-order valence-electron chi connectivity index (χ0n) is 16.7. The largest absolute Gasteiger partial charge is 0.458 e. The first-order chi connectivity index (χ1) is 14.8. The van der Waals surface area contributed by atoms with Crippen LogP contribution in [-0.4, -0.2) is 20.6 Å². The van der Waals surface area contributed by atoms with Gasteiger partial charge in [0.05, 0.1) is 33.5 Å². The summed E-state index contributed by atoms with van der Waals surface area (Å²) in [5, 5.41) is 12.0. The van der Waals surface area contributed by atoms with Gasteiger partial charge in [-0.25, -0.2) is 14.2 Å². The van der Waals surface area contributed by atoms with E-state index in [0.717, 1.165) is 41.3 Å². The van der Waals surface area contributed by atoms with Crippen molar-refractivity contribution in [1.82, 2.24) is 9.55 Å². The molecule has 2 aliphatic heterocycles. The number of rotatable bonds is 1. The topological polar surface area (TPSA) is 81.4 Å². The third-order valence-corrected chi connectivity index (χ3v) is 7.79. The van der Waals surface area contributed by atoms with Crippen LogP contribution in [0.1, 0.15) is 47.6 Å². The predicted molar refractivity (Wildman–Crippen MR) is 114 cm³/mol. The molecule has 0 saturated heterocycles. The molecule has 0 radical (unpaired) electrons. The highest BCUT2D eigenvalue weighted by Gasteiger charge is 2.45. The summed E-state index contributed by atoms with van der Waals surface area (Å²) in [5.74, 6) is -1.10. The number of cyclic esters (lactones) is 1. The monoisotopic (exact) mass is 484 g/mol. The Balaban J connectivity index is 1.68. The predicted octanol–water partition coefficient (Wildman–Crippen LogP) is 3.47. The summed E-state index contributed by atoms with van der Waals surface area (Å²) in [7, 11) is 0. The molecule has 1 aromatic carbocycles. The molecule has 6 nitrogen and oxygen atoms in total. The molecule has 6 rings (SSSR count). The van der Waals surface area contributed by atoms with Crippen LogP contribution in [0.5, 0.6) is 0 Å². The Hall–Kier alpha value is -2.58. The van der Waals surface area contributed by atoms with E-state index in [0.29, 0.717) is 33.5 Å². The van der Waals surface area contributed by atoms with Crippen LogP contribution in [0, 0.1) is 5.82 Å². The van der Waals surface area contributed by atoms with Crippen LogP contribution in [0.4, 0.5) is 4.39 Å². The van der Waals surface area contributed by atoms with Gasteiger partial charge < -0.3 is 14.4 Å². The van der Waals surface area contributed by atoms with Gasteiger partial charge in [0.2, 0.25) is 0 Å². The number of halogens is 2. The summed E-state index contributed by atoms with van der Waals surface area (Å²) in [5.41, 5.74) is 3.15. The highest BCUT2D eigenvalue weighted by molar-refractivity contribution is 9.10. The molecule has 0 bridgehead atoms. The normalized spacial score (nSPS) is 21.0. The van der Waals surface area contributed by atoms with Gasteiger partial charge in [-0.3, -0.25) is 4.79 Å². The van der Waals surface area contributed by atoms with Crippen LogP contribution in [0.25, 0.3) is 22.3 Å². The Bertz CT molecular complexity index is 1410. The third kappa shape index (κ3) is 2.32. The van der Waals surface area contributed by atoms with Crippen molar-refractivity contribution in [1.29, 1.82) is 0 Å². The Morgan fingerprint density at radius 1 is 1.23 bits per heavy atom. The lowest BCUT2D eigenvalue weighted by atomic mass is 9.85. The minimum atomic E-state index is -1.86. The summed E-state index contributed by atoms with van der Waals surface area (Å²) >= 11 is 3.39. The van der Waals surface area contributed by atoms with E-state index in [-0.39, 0.29) is 30.0 Å². The molecule has 0 spiro atoms. The summed E-state index contributed by atoms with van der Waals surface area (Å²) in [6.07, 6.45) is 2.58. The average Bonchev–Trinajstić information content (AvgIpc) is 3.14. The molecule has 4 heterocycles. The van der Waals surface area contributed by atoms with Crippen molar-refractivity contribution in [3.8, 4) is 11.4 Å². The number of ether oxygens (including phenoxy) is 1. The van der Waals surface area contributed by atoms with Gasteiger partial charge in [-0.05, 0) is 58.8 Å². The van der Waals surface area contributed by atoms with Crippen molar-refractivity contribution < 1.29 is 19.0 Å². The number of nitrogens with zero attached hydrogens (tertiary/aromatic N) is 2. The number of aryl methyl sites for hydroxylation is 2. The second-order valence-electron chi connectivity index (χ2n) is 8.42. The van der Waals surface area contributed by atoms with Crippen molar-refractivity contribution >= 4 is 32.8 Å². The van der Waals surface area contributed by atoms with Crippen LogP contribution in [-0.2, 0) is 41.1 Å². The van der Waals surface area contributed by atoms with E-state index in [1.165, 1.54) is 6.07 Å². The lowest BCUT2D eigenvalue weighted by Gasteiger charge is -2.31. The van der Waals surface area contributed by atoms with E-state index >= 15 is 0 Å². The molecule has 0 saturated carbocycles. The van der Waals surface area contributed by atoms with Gasteiger partial charge in [0, 0.05) is 22.6 Å². The average molecular weight is 485 g/mol. The Kier molecular flexibility index (Phi) is 3.85. The first-order valence-electron chi connectivity index (χ1n) is 10.3. The molecule has 2 aromatic heterocycles. The fraction of sp³-hybridized carbons (Fsp3) is 0.348. The summed E-state index contributed by atoms with van der Waals surface area (Å²) in [6, 6.07) is 3.12. The number of pyridine rings is 2. The highest BCUT2D eigenvalue weighted by Crippen LogP contribution is 2.43. The molecule has 3 aromatic rings. The molecule has 1 atom stereocenters. The van der Waals surface area contributed by atoms with Crippen LogP contribution in [0.3, 0.4) is 0 Å². The summed E-state index contributed by atoms with van der Waals surface area (Å²) in [4.78, 5) is 30.4. The number of esters is 1. The fourth-order valence-electron chi connectivity index (χ4n) is 5.32. The number of aromatic nitrogens is 2. The molecule has 31 heavy (non-hydrogen) atoms. The van der Waals surface area contributed by atoms with Gasteiger partial charge in [0.1, 0.15) is 12.4 Å². The van der Waals surface area contributed by atoms with Gasteiger partial charge in [0.15, 0.2) is 5.60 Å². The smallest absolute Gasteiger partial charge is 0.343 e. The van der Waals surface area contributed by atoms with E-state index in [9.17, 15) is 19.1 Å². The summed E-state index contributed by atoms with van der Waals surface area (Å²) < 4.78 is 21.8. The maximum absolute atomic E-state index is 14.6. The molecular formula is C23H18BrFN2O4. The Morgan fingerprint density at radius 2 is 2.00 bits per heavy atom. The van der Waals surface area contributed by atoms with Gasteiger partial charge in [-0.1, -0.05) is 6.92 Å². The van der Waals surface area contributed by atoms with Crippen molar-refractivity contribution in [2.45, 2.75) is 51.4 Å². The van der Waals surface area contributed by atoms with E-state index in [2.05, 4.69) is 15.9 Å². The first-order valence-corrected chi connectivity index (χ1v) is 11.1. The van der Waals surface area contributed by atoms with Crippen LogP contribution >= 0.6 is 15.9 Å². The zero-order valence-corrected chi connectivity index (χ0v) is 18.3. The van der Waals surface area contributed by atoms with Crippen LogP contribution in [0.2, 0.25) is 0 Å². The standard InChI is InChI=1S/C23H18BrFN2O4/c1-2-23(30)14-6-17-20-12(8-27(17)21(28)13(14)9-31-22(23)29)10-4-3-5-11-18(10)16(26-20)7-15(25)19(11)24/h6-7,30H,2-5,8-9H2,1H3/t23-/m0/s1. The number of aliphatic hydroxyl groups is 1. The minimum absolute atomic E-state index is 0.0909. The number of fused-ring (bicyclic) bond motifs is 5. The van der Waals surface area contributed by atoms with Gasteiger partial charge in [0.25, 0.3) is 5.56 Å². The van der Waals surface area contributed by atoms with Crippen LogP contribution < -0.4 is 5.56 Å². The molecule has 1 N–H and O–H groups in total. The lowest BCUT2D eigenvalue weighted by molar-refractivity contribution is -0.172. The molecule has 3 aliphatic rings. The Labute approximate surface area is 184 Å². The van der Waals surface area contributed by atoms with E-state index in [1.54, 1.807) is 17.6 Å². The van der Waals surface area contributed by atoms with Crippen molar-refractivity contribution in [3.63, 3.8) is 0 Å². The second kappa shape index (κ2) is 6.23. The maximum atomic E-state index is 14.6. The minimum Gasteiger partial charge on any atom is -0.458 e. The summed E-state index contributed by atoms with van der Waals surface area (Å²) in [6.45, 7) is 1.88. The van der Waals surface area contributed by atoms with Gasteiger partial charge in [-0.15, -0.1) is 0 Å². The maximum Gasteiger partial charge on any atom is 0.343 e. The van der Waals surface area contributed by atoms with Gasteiger partial charge in [-0.2, -0.15) is 0 Å². The molecule has 1 aliphatic carbocycles. The van der Waals surface area contributed by atoms with E-state index in [1.807, 2.05) is 0 Å². The lowest BCUT2D eigenvalue weighted by Crippen LogP contribution is -2.44. The van der Waals surface area contributed by atoms with Crippen molar-refractivity contribution in [3.05, 3.63) is 60.6 Å². The SMILES string of the molecule is CC[C@@]1(O)C(=O)OCc2c1cc1n(c2=O)Cc2c-1nc1cc(F)c(Br)c3c1c2CCC3. The molecule has 158 valence electrons. The number of hydrogen-bond acceptors (Lipinski definition) is 5. The third-order valence-electron chi connectivity index (χ3n) is 6.94. The Morgan fingerprint density at radius 3 is 2.77 bits per heavy atom. The van der Waals surface area contributed by atoms with Crippen LogP contribution in [0.15, 0.2) is 21.4 Å². The molecule has 0 amide bonds. The number of hydrogen-bond donors (Lipinski definition) is 1. The highest BCUT2D eigenvalue weighted by atomic mass is 79.9. The van der Waals surface area contributed by atoms with Crippen molar-refractivity contribution in [2.75, 3.05) is 0 Å². The molecule has 8 heteroatoms. The molecule has 0 fully saturated rings. The molecular weight excluding hydrogens is 467 g/mol. The van der Waals surface area contributed by atoms with E-state index < -0.39 is 11.6 Å². The number of carbonyl (C=O) groups excluding carboxylic acids is 1. The zero-order chi connectivity index (χ0) is 21.7. The number of benzene rings is 1. The second-order valence-corrected chi connectivity index (χ2v) is 9.21. The quantitative estimate of drug-likeness (QED) is 0.418.